The molecule has 0 radical (unpaired) electrons. The number of nitrogens with one attached hydrogen (secondary N) is 2. The van der Waals surface area contributed by atoms with Gasteiger partial charge in [0, 0.05) is 38.1 Å². The van der Waals surface area contributed by atoms with Crippen molar-refractivity contribution in [3.63, 3.8) is 0 Å². The molecule has 4 rings (SSSR count). The molecule has 0 saturated heterocycles. The van der Waals surface area contributed by atoms with Crippen LogP contribution in [0, 0.1) is 5.82 Å². The molecule has 1 aliphatic carbocycles. The van der Waals surface area contributed by atoms with Crippen molar-refractivity contribution in [2.24, 2.45) is 0 Å². The molecule has 1 fully saturated rings. The third kappa shape index (κ3) is 5.25. The van der Waals surface area contributed by atoms with Crippen LogP contribution in [-0.2, 0) is 6.54 Å². The van der Waals surface area contributed by atoms with E-state index in [1.54, 1.807) is 0 Å². The fraction of sp³-hybridized carbons (Fsp3) is 0.417. The second-order valence-corrected chi connectivity index (χ2v) is 7.98. The van der Waals surface area contributed by atoms with E-state index in [1.165, 1.54) is 12.1 Å². The summed E-state index contributed by atoms with van der Waals surface area (Å²) >= 11 is 0. The first-order valence-electron chi connectivity index (χ1n) is 10.3. The maximum atomic E-state index is 13.0. The number of aromatic nitrogens is 2. The van der Waals surface area contributed by atoms with E-state index >= 15 is 0 Å². The van der Waals surface area contributed by atoms with Gasteiger partial charge in [-0.15, -0.1) is 0 Å². The highest BCUT2D eigenvalue weighted by Gasteiger charge is 2.22. The second-order valence-electron chi connectivity index (χ2n) is 7.98. The number of hydrogen-bond donors (Lipinski definition) is 2. The van der Waals surface area contributed by atoms with Crippen molar-refractivity contribution < 1.29 is 4.39 Å². The Balaban J connectivity index is 0.00000256. The predicted octanol–water partition coefficient (Wildman–Crippen LogP) is 4.98. The van der Waals surface area contributed by atoms with E-state index in [2.05, 4.69) is 16.7 Å². The van der Waals surface area contributed by atoms with E-state index in [9.17, 15) is 4.39 Å². The van der Waals surface area contributed by atoms with E-state index < -0.39 is 0 Å². The topological polar surface area (TPSA) is 53.1 Å². The minimum absolute atomic E-state index is 0. The quantitative estimate of drug-likeness (QED) is 0.601. The maximum Gasteiger partial charge on any atom is 0.225 e. The van der Waals surface area contributed by atoms with Crippen LogP contribution < -0.4 is 15.5 Å². The van der Waals surface area contributed by atoms with Crippen molar-refractivity contribution in [2.45, 2.75) is 51.7 Å². The highest BCUT2D eigenvalue weighted by Crippen LogP contribution is 2.26. The molecule has 1 aromatic heterocycles. The van der Waals surface area contributed by atoms with Gasteiger partial charge in [0.25, 0.3) is 0 Å². The summed E-state index contributed by atoms with van der Waals surface area (Å²) in [5.41, 5.74) is 2.08. The Morgan fingerprint density at radius 1 is 0.933 bits per heavy atom. The third-order valence-corrected chi connectivity index (χ3v) is 5.58. The molecule has 5 nitrogen and oxygen atoms in total. The summed E-state index contributed by atoms with van der Waals surface area (Å²) in [4.78, 5) is 11.5. The Morgan fingerprint density at radius 3 is 2.30 bits per heavy atom. The van der Waals surface area contributed by atoms with E-state index in [0.717, 1.165) is 54.5 Å². The average Bonchev–Trinajstić information content (AvgIpc) is 2.74. The average molecular weight is 410 g/mol. The Hall–Kier alpha value is -2.73. The van der Waals surface area contributed by atoms with Crippen molar-refractivity contribution in [1.82, 2.24) is 15.3 Å². The monoisotopic (exact) mass is 409 g/mol. The molecule has 0 atom stereocenters. The molecular weight excluding hydrogens is 377 g/mol. The molecule has 0 spiro atoms. The molecule has 0 unspecified atom stereocenters. The van der Waals surface area contributed by atoms with Crippen LogP contribution in [0.3, 0.4) is 0 Å². The largest absolute Gasteiger partial charge is 0.362 e. The number of rotatable bonds is 6. The molecule has 2 aromatic carbocycles. The van der Waals surface area contributed by atoms with Crippen molar-refractivity contribution in [3.05, 3.63) is 59.9 Å². The van der Waals surface area contributed by atoms with Crippen molar-refractivity contribution in [3.8, 4) is 0 Å². The van der Waals surface area contributed by atoms with E-state index in [1.807, 2.05) is 49.3 Å². The summed E-state index contributed by atoms with van der Waals surface area (Å²) in [7, 11) is 4.02. The van der Waals surface area contributed by atoms with Gasteiger partial charge in [-0.05, 0) is 55.5 Å². The van der Waals surface area contributed by atoms with Crippen LogP contribution in [0.1, 0.15) is 38.7 Å². The van der Waals surface area contributed by atoms with Crippen LogP contribution in [0.15, 0.2) is 48.5 Å². The summed E-state index contributed by atoms with van der Waals surface area (Å²) in [6.07, 6.45) is 4.36. The molecule has 30 heavy (non-hydrogen) atoms. The Labute approximate surface area is 178 Å². The van der Waals surface area contributed by atoms with Gasteiger partial charge in [0.1, 0.15) is 11.6 Å². The summed E-state index contributed by atoms with van der Waals surface area (Å²) in [5.74, 6) is 1.46. The summed E-state index contributed by atoms with van der Waals surface area (Å²) in [5, 5.41) is 8.22. The lowest BCUT2D eigenvalue weighted by atomic mass is 9.91. The fourth-order valence-electron chi connectivity index (χ4n) is 3.95. The number of benzene rings is 2. The van der Waals surface area contributed by atoms with Crippen molar-refractivity contribution in [1.29, 1.82) is 0 Å². The number of hydrogen-bond acceptors (Lipinski definition) is 5. The van der Waals surface area contributed by atoms with Crippen LogP contribution in [0.2, 0.25) is 0 Å². The summed E-state index contributed by atoms with van der Waals surface area (Å²) in [6, 6.07) is 15.7. The molecule has 1 aliphatic rings. The number of nitrogens with zero attached hydrogens (tertiary/aromatic N) is 3. The van der Waals surface area contributed by atoms with Gasteiger partial charge < -0.3 is 15.5 Å². The lowest BCUT2D eigenvalue weighted by molar-refractivity contribution is 0.352. The first-order valence-corrected chi connectivity index (χ1v) is 10.3. The van der Waals surface area contributed by atoms with Gasteiger partial charge in [-0.2, -0.15) is 4.98 Å². The zero-order valence-electron chi connectivity index (χ0n) is 17.0. The highest BCUT2D eigenvalue weighted by molar-refractivity contribution is 5.90. The first kappa shape index (κ1) is 22.0. The Morgan fingerprint density at radius 2 is 1.60 bits per heavy atom. The minimum atomic E-state index is -0.186. The molecule has 1 saturated carbocycles. The normalized spacial score (nSPS) is 18.6. The number of fused-ring (bicyclic) bond motifs is 1. The van der Waals surface area contributed by atoms with Crippen LogP contribution in [0.5, 0.6) is 0 Å². The SMILES string of the molecule is C.CN(C)c1nc(NC2CCC(NCc3ccc(F)cc3)CC2)nc2ccccc12. The van der Waals surface area contributed by atoms with Gasteiger partial charge >= 0.3 is 0 Å². The van der Waals surface area contributed by atoms with Crippen LogP contribution in [0.4, 0.5) is 16.2 Å². The van der Waals surface area contributed by atoms with Gasteiger partial charge in [-0.1, -0.05) is 31.7 Å². The van der Waals surface area contributed by atoms with Gasteiger partial charge in [0.2, 0.25) is 5.95 Å². The minimum Gasteiger partial charge on any atom is -0.362 e. The number of anilines is 2. The third-order valence-electron chi connectivity index (χ3n) is 5.58. The maximum absolute atomic E-state index is 13.0. The highest BCUT2D eigenvalue weighted by atomic mass is 19.1. The van der Waals surface area contributed by atoms with E-state index in [0.29, 0.717) is 18.0 Å². The van der Waals surface area contributed by atoms with Crippen LogP contribution >= 0.6 is 0 Å². The van der Waals surface area contributed by atoms with E-state index in [4.69, 9.17) is 9.97 Å². The smallest absolute Gasteiger partial charge is 0.225 e. The zero-order chi connectivity index (χ0) is 20.2. The molecule has 0 amide bonds. The van der Waals surface area contributed by atoms with Crippen molar-refractivity contribution in [2.75, 3.05) is 24.3 Å². The van der Waals surface area contributed by atoms with Gasteiger partial charge in [0.15, 0.2) is 0 Å². The molecule has 2 N–H and O–H groups in total. The van der Waals surface area contributed by atoms with Gasteiger partial charge in [-0.25, -0.2) is 9.37 Å². The Kier molecular flexibility index (Phi) is 7.21. The number of para-hydroxylation sites is 1. The zero-order valence-corrected chi connectivity index (χ0v) is 17.0. The lowest BCUT2D eigenvalue weighted by Gasteiger charge is -2.30. The molecule has 6 heteroatoms. The summed E-state index contributed by atoms with van der Waals surface area (Å²) < 4.78 is 13.0. The molecule has 1 heterocycles. The van der Waals surface area contributed by atoms with Gasteiger partial charge in [-0.3, -0.25) is 0 Å². The number of halogens is 1. The molecule has 3 aromatic rings. The second kappa shape index (κ2) is 9.85. The Bertz CT molecular complexity index is 949. The molecule has 0 aliphatic heterocycles. The standard InChI is InChI=1S/C23H28FN5.CH4/c1-29(2)22-20-5-3-4-6-21(20)27-23(28-22)26-19-13-11-18(12-14-19)25-15-16-7-9-17(24)10-8-16;/h3-10,18-19,25H,11-15H2,1-2H3,(H,26,27,28);1H4. The first-order chi connectivity index (χ1) is 14.1. The summed E-state index contributed by atoms with van der Waals surface area (Å²) in [6.45, 7) is 0.781. The van der Waals surface area contributed by atoms with Crippen LogP contribution in [0.25, 0.3) is 10.9 Å². The van der Waals surface area contributed by atoms with E-state index in [-0.39, 0.29) is 13.2 Å². The van der Waals surface area contributed by atoms with Gasteiger partial charge in [0.05, 0.1) is 5.52 Å². The molecular formula is C24H32FN5. The van der Waals surface area contributed by atoms with Crippen LogP contribution in [-0.4, -0.2) is 36.1 Å². The predicted molar refractivity (Wildman–Crippen MR) is 124 cm³/mol. The fourth-order valence-corrected chi connectivity index (χ4v) is 3.95. The molecule has 0 bridgehead atoms. The lowest BCUT2D eigenvalue weighted by Crippen LogP contribution is -2.37. The van der Waals surface area contributed by atoms with Crippen molar-refractivity contribution >= 4 is 22.7 Å². The molecule has 160 valence electrons.